The number of ether oxygens (including phenoxy) is 1. The molecule has 0 bridgehead atoms. The predicted molar refractivity (Wildman–Crippen MR) is 58.0 cm³/mol. The summed E-state index contributed by atoms with van der Waals surface area (Å²) in [6, 6.07) is 2.21. The van der Waals surface area contributed by atoms with Crippen LogP contribution in [0.1, 0.15) is 10.4 Å². The van der Waals surface area contributed by atoms with Gasteiger partial charge in [0.15, 0.2) is 6.04 Å². The van der Waals surface area contributed by atoms with Gasteiger partial charge in [-0.05, 0) is 18.2 Å². The zero-order valence-corrected chi connectivity index (χ0v) is 9.78. The molecule has 1 aromatic rings. The minimum atomic E-state index is -4.92. The summed E-state index contributed by atoms with van der Waals surface area (Å²) in [5, 5.41) is 10.4. The van der Waals surface area contributed by atoms with Crippen molar-refractivity contribution in [3.8, 4) is 5.75 Å². The minimum absolute atomic E-state index is 0.286. The van der Waals surface area contributed by atoms with Gasteiger partial charge in [-0.2, -0.15) is 0 Å². The molecule has 9 heteroatoms. The van der Waals surface area contributed by atoms with Gasteiger partial charge >= 0.3 is 12.3 Å². The second-order valence-electron chi connectivity index (χ2n) is 3.59. The lowest BCUT2D eigenvalue weighted by atomic mass is 10.2. The zero-order chi connectivity index (χ0) is 15.3. The summed E-state index contributed by atoms with van der Waals surface area (Å²) in [4.78, 5) is 22.1. The van der Waals surface area contributed by atoms with Crippen molar-refractivity contribution in [1.82, 2.24) is 5.32 Å². The Morgan fingerprint density at radius 2 is 2.00 bits per heavy atom. The molecule has 0 heterocycles. The molecule has 20 heavy (non-hydrogen) atoms. The summed E-state index contributed by atoms with van der Waals surface area (Å²) >= 11 is 0. The Hall–Kier alpha value is -2.32. The van der Waals surface area contributed by atoms with Gasteiger partial charge in [0.1, 0.15) is 12.4 Å². The van der Waals surface area contributed by atoms with Gasteiger partial charge in [0.2, 0.25) is 0 Å². The number of aliphatic carboxylic acids is 1. The number of carboxylic acids is 1. The van der Waals surface area contributed by atoms with Crippen molar-refractivity contribution >= 4 is 11.9 Å². The van der Waals surface area contributed by atoms with Crippen molar-refractivity contribution in [3.63, 3.8) is 0 Å². The van der Waals surface area contributed by atoms with Crippen LogP contribution in [-0.4, -0.2) is 36.1 Å². The van der Waals surface area contributed by atoms with Crippen LogP contribution < -0.4 is 10.1 Å². The first-order chi connectivity index (χ1) is 9.23. The Balaban J connectivity index is 2.83. The summed E-state index contributed by atoms with van der Waals surface area (Å²) in [5.41, 5.74) is -0.286. The summed E-state index contributed by atoms with van der Waals surface area (Å²) in [6.07, 6.45) is -4.92. The van der Waals surface area contributed by atoms with Crippen LogP contribution >= 0.6 is 0 Å². The highest BCUT2D eigenvalue weighted by Crippen LogP contribution is 2.23. The normalized spacial score (nSPS) is 12.6. The van der Waals surface area contributed by atoms with E-state index in [4.69, 9.17) is 5.11 Å². The molecule has 5 nitrogen and oxygen atoms in total. The van der Waals surface area contributed by atoms with Crippen LogP contribution in [0.4, 0.5) is 17.6 Å². The molecule has 1 rings (SSSR count). The van der Waals surface area contributed by atoms with Crippen LogP contribution in [-0.2, 0) is 4.79 Å². The number of nitrogens with one attached hydrogen (secondary N) is 1. The van der Waals surface area contributed by atoms with Crippen LogP contribution in [0, 0.1) is 0 Å². The molecule has 0 aliphatic heterocycles. The van der Waals surface area contributed by atoms with Crippen LogP contribution in [0.15, 0.2) is 24.3 Å². The largest absolute Gasteiger partial charge is 0.573 e. The Labute approximate surface area is 110 Å². The fraction of sp³-hybridized carbons (Fsp3) is 0.273. The van der Waals surface area contributed by atoms with E-state index in [9.17, 15) is 27.2 Å². The molecule has 1 aromatic carbocycles. The molecule has 1 unspecified atom stereocenters. The molecule has 0 saturated heterocycles. The summed E-state index contributed by atoms with van der Waals surface area (Å²) in [6.45, 7) is -1.35. The van der Waals surface area contributed by atoms with Gasteiger partial charge in [-0.3, -0.25) is 4.79 Å². The molecule has 2 N–H and O–H groups in total. The molecule has 0 aliphatic carbocycles. The maximum Gasteiger partial charge on any atom is 0.573 e. The molecule has 0 radical (unpaired) electrons. The van der Waals surface area contributed by atoms with Crippen LogP contribution in [0.3, 0.4) is 0 Å². The first kappa shape index (κ1) is 15.7. The van der Waals surface area contributed by atoms with Crippen molar-refractivity contribution < 1.29 is 37.0 Å². The SMILES string of the molecule is O=C(NC(CF)C(=O)O)c1cccc(OC(F)(F)F)c1. The zero-order valence-electron chi connectivity index (χ0n) is 9.78. The number of benzene rings is 1. The molecule has 0 aliphatic rings. The molecule has 1 amide bonds. The van der Waals surface area contributed by atoms with E-state index in [1.807, 2.05) is 5.32 Å². The van der Waals surface area contributed by atoms with E-state index in [0.29, 0.717) is 0 Å². The predicted octanol–water partition coefficient (Wildman–Crippen LogP) is 1.74. The van der Waals surface area contributed by atoms with Gasteiger partial charge in [-0.25, -0.2) is 9.18 Å². The number of carbonyl (C=O) groups excluding carboxylic acids is 1. The summed E-state index contributed by atoms with van der Waals surface area (Å²) in [5.74, 6) is -3.26. The average Bonchev–Trinajstić information content (AvgIpc) is 2.33. The second-order valence-corrected chi connectivity index (χ2v) is 3.59. The lowest BCUT2D eigenvalue weighted by molar-refractivity contribution is -0.274. The third kappa shape index (κ3) is 4.75. The Morgan fingerprint density at radius 1 is 1.35 bits per heavy atom. The van der Waals surface area contributed by atoms with Gasteiger partial charge in [-0.1, -0.05) is 6.07 Å². The summed E-state index contributed by atoms with van der Waals surface area (Å²) < 4.78 is 51.9. The molecule has 110 valence electrons. The van der Waals surface area contributed by atoms with Gasteiger partial charge in [0.05, 0.1) is 0 Å². The molecular formula is C11H9F4NO4. The van der Waals surface area contributed by atoms with Crippen molar-refractivity contribution in [2.45, 2.75) is 12.4 Å². The number of hydrogen-bond acceptors (Lipinski definition) is 3. The lowest BCUT2D eigenvalue weighted by Crippen LogP contribution is -2.42. The number of carbonyl (C=O) groups is 2. The number of rotatable bonds is 5. The maximum absolute atomic E-state index is 12.3. The van der Waals surface area contributed by atoms with E-state index in [1.165, 1.54) is 0 Å². The smallest absolute Gasteiger partial charge is 0.480 e. The molecule has 0 fully saturated rings. The number of hydrogen-bond donors (Lipinski definition) is 2. The van der Waals surface area contributed by atoms with Gasteiger partial charge < -0.3 is 15.2 Å². The highest BCUT2D eigenvalue weighted by molar-refractivity contribution is 5.96. The standard InChI is InChI=1S/C11H9F4NO4/c12-5-8(10(18)19)16-9(17)6-2-1-3-7(4-6)20-11(13,14)15/h1-4,8H,5H2,(H,16,17)(H,18,19). The molecular weight excluding hydrogens is 286 g/mol. The second kappa shape index (κ2) is 6.22. The quantitative estimate of drug-likeness (QED) is 0.811. The van der Waals surface area contributed by atoms with Gasteiger partial charge in [0.25, 0.3) is 5.91 Å². The number of halogens is 4. The molecule has 0 saturated carbocycles. The molecule has 0 aromatic heterocycles. The van der Waals surface area contributed by atoms with E-state index in [2.05, 4.69) is 4.74 Å². The summed E-state index contributed by atoms with van der Waals surface area (Å²) in [7, 11) is 0. The fourth-order valence-corrected chi connectivity index (χ4v) is 1.24. The van der Waals surface area contributed by atoms with Crippen LogP contribution in [0.5, 0.6) is 5.75 Å². The van der Waals surface area contributed by atoms with Gasteiger partial charge in [0, 0.05) is 5.56 Å². The first-order valence-corrected chi connectivity index (χ1v) is 5.18. The monoisotopic (exact) mass is 295 g/mol. The lowest BCUT2D eigenvalue weighted by Gasteiger charge is -2.12. The number of alkyl halides is 4. The van der Waals surface area contributed by atoms with Crippen molar-refractivity contribution in [3.05, 3.63) is 29.8 Å². The van der Waals surface area contributed by atoms with E-state index >= 15 is 0 Å². The van der Waals surface area contributed by atoms with E-state index < -0.39 is 36.7 Å². The average molecular weight is 295 g/mol. The number of carboxylic acid groups (broad SMARTS) is 1. The fourth-order valence-electron chi connectivity index (χ4n) is 1.24. The van der Waals surface area contributed by atoms with E-state index in [-0.39, 0.29) is 5.56 Å². The maximum atomic E-state index is 12.3. The topological polar surface area (TPSA) is 75.6 Å². The van der Waals surface area contributed by atoms with Crippen LogP contribution in [0.25, 0.3) is 0 Å². The van der Waals surface area contributed by atoms with E-state index in [1.54, 1.807) is 0 Å². The molecule has 1 atom stereocenters. The Kier molecular flexibility index (Phi) is 4.89. The minimum Gasteiger partial charge on any atom is -0.480 e. The van der Waals surface area contributed by atoms with Crippen molar-refractivity contribution in [2.24, 2.45) is 0 Å². The first-order valence-electron chi connectivity index (χ1n) is 5.18. The third-order valence-electron chi connectivity index (χ3n) is 2.09. The third-order valence-corrected chi connectivity index (χ3v) is 2.09. The van der Waals surface area contributed by atoms with E-state index in [0.717, 1.165) is 24.3 Å². The number of amides is 1. The van der Waals surface area contributed by atoms with Crippen molar-refractivity contribution in [1.29, 1.82) is 0 Å². The Bertz CT molecular complexity index is 503. The highest BCUT2D eigenvalue weighted by atomic mass is 19.4. The van der Waals surface area contributed by atoms with Gasteiger partial charge in [-0.15, -0.1) is 13.2 Å². The van der Waals surface area contributed by atoms with Crippen LogP contribution in [0.2, 0.25) is 0 Å². The Morgan fingerprint density at radius 3 is 2.50 bits per heavy atom. The molecule has 0 spiro atoms. The van der Waals surface area contributed by atoms with Crippen molar-refractivity contribution in [2.75, 3.05) is 6.67 Å². The highest BCUT2D eigenvalue weighted by Gasteiger charge is 2.31.